The Balaban J connectivity index is 2.00. The van der Waals surface area contributed by atoms with Crippen LogP contribution in [0.15, 0.2) is 77.7 Å². The molecule has 9 nitrogen and oxygen atoms in total. The number of hydrogen-bond acceptors (Lipinski definition) is 6. The molecule has 11 heteroatoms. The molecule has 0 aliphatic carbocycles. The molecule has 0 saturated heterocycles. The van der Waals surface area contributed by atoms with Gasteiger partial charge in [0.2, 0.25) is 11.8 Å². The molecule has 3 aromatic carbocycles. The van der Waals surface area contributed by atoms with Crippen molar-refractivity contribution in [3.63, 3.8) is 0 Å². The van der Waals surface area contributed by atoms with Crippen LogP contribution in [-0.4, -0.2) is 65.0 Å². The second-order valence-corrected chi connectivity index (χ2v) is 11.6. The van der Waals surface area contributed by atoms with Gasteiger partial charge in [-0.25, -0.2) is 8.42 Å². The minimum Gasteiger partial charge on any atom is -0.493 e. The molecule has 0 aromatic heterocycles. The topological polar surface area (TPSA) is 105 Å². The van der Waals surface area contributed by atoms with Gasteiger partial charge in [0.15, 0.2) is 11.5 Å². The highest BCUT2D eigenvalue weighted by Crippen LogP contribution is 2.32. The van der Waals surface area contributed by atoms with Crippen molar-refractivity contribution >= 4 is 39.1 Å². The number of halogens is 1. The SMILES string of the molecule is CCCNC(=O)C(C)N(CCc1ccccc1)C(=O)CN(c1ccc(Cl)cc1)S(=O)(=O)c1ccc(OC)c(OC)c1. The second kappa shape index (κ2) is 14.7. The molecule has 2 amide bonds. The molecule has 1 N–H and O–H groups in total. The number of hydrogen-bond donors (Lipinski definition) is 1. The Bertz CT molecular complexity index is 1420. The maximum absolute atomic E-state index is 14.0. The number of carbonyl (C=O) groups excluding carboxylic acids is 2. The third-order valence-electron chi connectivity index (χ3n) is 6.54. The van der Waals surface area contributed by atoms with Crippen molar-refractivity contribution in [3.05, 3.63) is 83.4 Å². The quantitative estimate of drug-likeness (QED) is 0.291. The van der Waals surface area contributed by atoms with Crippen LogP contribution in [0.1, 0.15) is 25.8 Å². The van der Waals surface area contributed by atoms with E-state index in [2.05, 4.69) is 5.32 Å². The highest BCUT2D eigenvalue weighted by Gasteiger charge is 2.32. The monoisotopic (exact) mass is 601 g/mol. The first-order chi connectivity index (χ1) is 19.6. The number of rotatable bonds is 14. The van der Waals surface area contributed by atoms with Crippen LogP contribution < -0.4 is 19.1 Å². The molecule has 0 bridgehead atoms. The fourth-order valence-electron chi connectivity index (χ4n) is 4.21. The Morgan fingerprint density at radius 2 is 1.61 bits per heavy atom. The van der Waals surface area contributed by atoms with Crippen LogP contribution in [0.5, 0.6) is 11.5 Å². The first-order valence-electron chi connectivity index (χ1n) is 13.2. The smallest absolute Gasteiger partial charge is 0.264 e. The van der Waals surface area contributed by atoms with Gasteiger partial charge in [0.25, 0.3) is 10.0 Å². The number of ether oxygens (including phenoxy) is 2. The van der Waals surface area contributed by atoms with Crippen molar-refractivity contribution in [1.82, 2.24) is 10.2 Å². The molecule has 0 radical (unpaired) electrons. The van der Waals surface area contributed by atoms with Crippen LogP contribution in [0.25, 0.3) is 0 Å². The average molecular weight is 602 g/mol. The summed E-state index contributed by atoms with van der Waals surface area (Å²) in [5.74, 6) is -0.255. The van der Waals surface area contributed by atoms with Gasteiger partial charge in [-0.3, -0.25) is 13.9 Å². The summed E-state index contributed by atoms with van der Waals surface area (Å²) in [4.78, 5) is 28.2. The Morgan fingerprint density at radius 1 is 0.951 bits per heavy atom. The molecular formula is C30H36ClN3O6S. The Labute approximate surface area is 247 Å². The summed E-state index contributed by atoms with van der Waals surface area (Å²) < 4.78 is 39.6. The zero-order valence-corrected chi connectivity index (χ0v) is 25.2. The summed E-state index contributed by atoms with van der Waals surface area (Å²) in [6.07, 6.45) is 1.23. The van der Waals surface area contributed by atoms with E-state index < -0.39 is 28.5 Å². The molecule has 0 aliphatic heterocycles. The van der Waals surface area contributed by atoms with Gasteiger partial charge >= 0.3 is 0 Å². The van der Waals surface area contributed by atoms with Crippen LogP contribution in [0, 0.1) is 0 Å². The Hall–Kier alpha value is -3.76. The van der Waals surface area contributed by atoms with E-state index in [0.717, 1.165) is 16.3 Å². The van der Waals surface area contributed by atoms with Crippen molar-refractivity contribution in [3.8, 4) is 11.5 Å². The van der Waals surface area contributed by atoms with Crippen molar-refractivity contribution < 1.29 is 27.5 Å². The maximum atomic E-state index is 14.0. The summed E-state index contributed by atoms with van der Waals surface area (Å²) in [5.41, 5.74) is 1.22. The van der Waals surface area contributed by atoms with Crippen LogP contribution in [0.4, 0.5) is 5.69 Å². The molecule has 41 heavy (non-hydrogen) atoms. The van der Waals surface area contributed by atoms with Gasteiger partial charge in [-0.05, 0) is 61.7 Å². The largest absolute Gasteiger partial charge is 0.493 e. The number of carbonyl (C=O) groups is 2. The van der Waals surface area contributed by atoms with Gasteiger partial charge in [-0.1, -0.05) is 48.9 Å². The molecular weight excluding hydrogens is 566 g/mol. The van der Waals surface area contributed by atoms with E-state index in [-0.39, 0.29) is 28.8 Å². The standard InChI is InChI=1S/C30H36ClN3O6S/c1-5-18-32-30(36)22(2)33(19-17-23-9-7-6-8-10-23)29(35)21-34(25-13-11-24(31)12-14-25)41(37,38)26-15-16-27(39-3)28(20-26)40-4/h6-16,20,22H,5,17-19,21H2,1-4H3,(H,32,36). The fourth-order valence-corrected chi connectivity index (χ4v) is 5.76. The summed E-state index contributed by atoms with van der Waals surface area (Å²) >= 11 is 6.08. The third kappa shape index (κ3) is 8.14. The van der Waals surface area contributed by atoms with Crippen molar-refractivity contribution in [2.24, 2.45) is 0 Å². The first-order valence-corrected chi connectivity index (χ1v) is 15.1. The van der Waals surface area contributed by atoms with Gasteiger partial charge in [-0.2, -0.15) is 0 Å². The molecule has 220 valence electrons. The third-order valence-corrected chi connectivity index (χ3v) is 8.56. The molecule has 0 aliphatic rings. The average Bonchev–Trinajstić information content (AvgIpc) is 2.99. The zero-order chi connectivity index (χ0) is 30.0. The van der Waals surface area contributed by atoms with Crippen molar-refractivity contribution in [1.29, 1.82) is 0 Å². The Morgan fingerprint density at radius 3 is 2.22 bits per heavy atom. The number of methoxy groups -OCH3 is 2. The van der Waals surface area contributed by atoms with Crippen molar-refractivity contribution in [2.75, 3.05) is 38.2 Å². The van der Waals surface area contributed by atoms with E-state index in [1.807, 2.05) is 37.3 Å². The normalized spacial score (nSPS) is 11.8. The summed E-state index contributed by atoms with van der Waals surface area (Å²) in [6, 6.07) is 19.1. The van der Waals surface area contributed by atoms with Crippen LogP contribution in [-0.2, 0) is 26.0 Å². The number of nitrogens with one attached hydrogen (secondary N) is 1. The summed E-state index contributed by atoms with van der Waals surface area (Å²) in [5, 5.41) is 3.24. The predicted molar refractivity (Wildman–Crippen MR) is 160 cm³/mol. The lowest BCUT2D eigenvalue weighted by atomic mass is 10.1. The van der Waals surface area contributed by atoms with Crippen LogP contribution in [0.3, 0.4) is 0 Å². The zero-order valence-electron chi connectivity index (χ0n) is 23.7. The van der Waals surface area contributed by atoms with E-state index in [1.54, 1.807) is 19.1 Å². The van der Waals surface area contributed by atoms with Gasteiger partial charge in [0.05, 0.1) is 24.8 Å². The molecule has 1 unspecified atom stereocenters. The molecule has 1 atom stereocenters. The minimum absolute atomic E-state index is 0.0949. The van der Waals surface area contributed by atoms with Gasteiger partial charge in [0.1, 0.15) is 12.6 Å². The maximum Gasteiger partial charge on any atom is 0.264 e. The minimum atomic E-state index is -4.27. The van der Waals surface area contributed by atoms with Crippen LogP contribution >= 0.6 is 11.6 Å². The molecule has 0 saturated carbocycles. The lowest BCUT2D eigenvalue weighted by molar-refractivity contribution is -0.138. The molecule has 0 spiro atoms. The van der Waals surface area contributed by atoms with E-state index in [1.165, 1.54) is 49.5 Å². The number of benzene rings is 3. The second-order valence-electron chi connectivity index (χ2n) is 9.29. The lowest BCUT2D eigenvalue weighted by Crippen LogP contribution is -2.52. The molecule has 3 aromatic rings. The van der Waals surface area contributed by atoms with Crippen molar-refractivity contribution in [2.45, 2.75) is 37.6 Å². The van der Waals surface area contributed by atoms with Gasteiger partial charge in [-0.15, -0.1) is 0 Å². The number of anilines is 1. The Kier molecular flexibility index (Phi) is 11.4. The van der Waals surface area contributed by atoms with E-state index in [0.29, 0.717) is 23.7 Å². The summed E-state index contributed by atoms with van der Waals surface area (Å²) in [7, 11) is -1.42. The summed E-state index contributed by atoms with van der Waals surface area (Å²) in [6.45, 7) is 3.72. The number of sulfonamides is 1. The fraction of sp³-hybridized carbons (Fsp3) is 0.333. The van der Waals surface area contributed by atoms with Gasteiger partial charge < -0.3 is 19.7 Å². The molecule has 0 heterocycles. The van der Waals surface area contributed by atoms with E-state index in [9.17, 15) is 18.0 Å². The van der Waals surface area contributed by atoms with Crippen LogP contribution in [0.2, 0.25) is 5.02 Å². The molecule has 0 fully saturated rings. The van der Waals surface area contributed by atoms with Gasteiger partial charge in [0, 0.05) is 24.2 Å². The number of nitrogens with zero attached hydrogens (tertiary/aromatic N) is 2. The van der Waals surface area contributed by atoms with E-state index in [4.69, 9.17) is 21.1 Å². The lowest BCUT2D eigenvalue weighted by Gasteiger charge is -2.32. The van der Waals surface area contributed by atoms with E-state index >= 15 is 0 Å². The first kappa shape index (κ1) is 31.8. The highest BCUT2D eigenvalue weighted by molar-refractivity contribution is 7.92. The highest BCUT2D eigenvalue weighted by atomic mass is 35.5. The predicted octanol–water partition coefficient (Wildman–Crippen LogP) is 4.54. The number of amides is 2. The molecule has 3 rings (SSSR count).